The molecular weight excluding hydrogens is 266 g/mol. The van der Waals surface area contributed by atoms with E-state index in [1.165, 1.54) is 0 Å². The van der Waals surface area contributed by atoms with Gasteiger partial charge in [0.15, 0.2) is 0 Å². The maximum Gasteiger partial charge on any atom is 0.124 e. The van der Waals surface area contributed by atoms with Crippen molar-refractivity contribution in [3.8, 4) is 11.5 Å². The van der Waals surface area contributed by atoms with E-state index in [9.17, 15) is 5.11 Å². The minimum Gasteiger partial charge on any atom is -0.507 e. The highest BCUT2D eigenvalue weighted by atomic mass is 16.5. The Bertz CT molecular complexity index is 598. The van der Waals surface area contributed by atoms with Crippen LogP contribution in [0, 0.1) is 0 Å². The molecule has 0 spiro atoms. The van der Waals surface area contributed by atoms with Crippen molar-refractivity contribution in [2.45, 2.75) is 19.6 Å². The highest BCUT2D eigenvalue weighted by molar-refractivity contribution is 5.53. The molecule has 1 unspecified atom stereocenters. The Kier molecular flexibility index (Phi) is 5.06. The summed E-state index contributed by atoms with van der Waals surface area (Å²) in [5, 5.41) is 13.5. The van der Waals surface area contributed by atoms with Gasteiger partial charge in [-0.05, 0) is 25.1 Å². The summed E-state index contributed by atoms with van der Waals surface area (Å²) in [6.45, 7) is 2.55. The molecule has 0 saturated carbocycles. The second-order valence-electron chi connectivity index (χ2n) is 4.88. The zero-order valence-electron chi connectivity index (χ0n) is 12.6. The fourth-order valence-corrected chi connectivity index (χ4v) is 2.27. The third kappa shape index (κ3) is 3.67. The number of ether oxygens (including phenoxy) is 2. The lowest BCUT2D eigenvalue weighted by molar-refractivity contribution is 0.185. The molecule has 0 amide bonds. The van der Waals surface area contributed by atoms with Gasteiger partial charge in [-0.25, -0.2) is 0 Å². The van der Waals surface area contributed by atoms with Crippen LogP contribution in [0.15, 0.2) is 42.5 Å². The Morgan fingerprint density at radius 1 is 1.14 bits per heavy atom. The van der Waals surface area contributed by atoms with Crippen LogP contribution in [-0.4, -0.2) is 19.3 Å². The molecule has 0 aliphatic carbocycles. The van der Waals surface area contributed by atoms with E-state index in [0.29, 0.717) is 12.4 Å². The number of rotatable bonds is 6. The minimum atomic E-state index is -0.0334. The molecule has 0 saturated heterocycles. The summed E-state index contributed by atoms with van der Waals surface area (Å²) in [4.78, 5) is 0. The number of anilines is 1. The first-order valence-electron chi connectivity index (χ1n) is 6.86. The summed E-state index contributed by atoms with van der Waals surface area (Å²) in [7, 11) is 3.26. The molecule has 0 bridgehead atoms. The predicted octanol–water partition coefficient (Wildman–Crippen LogP) is 3.72. The first kappa shape index (κ1) is 15.2. The fourth-order valence-electron chi connectivity index (χ4n) is 2.27. The molecule has 0 radical (unpaired) electrons. The van der Waals surface area contributed by atoms with Crippen LogP contribution in [0.4, 0.5) is 5.69 Å². The van der Waals surface area contributed by atoms with E-state index in [2.05, 4.69) is 5.32 Å². The first-order valence-corrected chi connectivity index (χ1v) is 6.86. The average Bonchev–Trinajstić information content (AvgIpc) is 2.49. The Balaban J connectivity index is 2.20. The summed E-state index contributed by atoms with van der Waals surface area (Å²) in [5.74, 6) is 0.863. The number of hydrogen-bond donors (Lipinski definition) is 2. The number of benzene rings is 2. The van der Waals surface area contributed by atoms with Crippen molar-refractivity contribution < 1.29 is 14.6 Å². The number of para-hydroxylation sites is 1. The first-order chi connectivity index (χ1) is 10.2. The molecule has 0 aromatic heterocycles. The van der Waals surface area contributed by atoms with E-state index >= 15 is 0 Å². The van der Waals surface area contributed by atoms with Crippen LogP contribution in [0.1, 0.15) is 24.1 Å². The molecule has 0 aliphatic rings. The zero-order valence-corrected chi connectivity index (χ0v) is 12.6. The molecule has 112 valence electrons. The average molecular weight is 287 g/mol. The van der Waals surface area contributed by atoms with Gasteiger partial charge in [-0.3, -0.25) is 0 Å². The van der Waals surface area contributed by atoms with Gasteiger partial charge in [0.1, 0.15) is 11.5 Å². The van der Waals surface area contributed by atoms with Gasteiger partial charge < -0.3 is 19.9 Å². The Morgan fingerprint density at radius 3 is 2.57 bits per heavy atom. The van der Waals surface area contributed by atoms with Gasteiger partial charge in [-0.1, -0.05) is 18.2 Å². The Morgan fingerprint density at radius 2 is 1.90 bits per heavy atom. The third-order valence-electron chi connectivity index (χ3n) is 3.39. The number of hydrogen-bond acceptors (Lipinski definition) is 4. The summed E-state index contributed by atoms with van der Waals surface area (Å²) in [5.41, 5.74) is 2.91. The molecule has 2 aromatic carbocycles. The molecule has 0 aliphatic heterocycles. The van der Waals surface area contributed by atoms with E-state index in [1.807, 2.05) is 43.3 Å². The van der Waals surface area contributed by atoms with Gasteiger partial charge in [0.25, 0.3) is 0 Å². The number of methoxy groups -OCH3 is 2. The molecule has 21 heavy (non-hydrogen) atoms. The number of phenols is 1. The quantitative estimate of drug-likeness (QED) is 0.850. The third-order valence-corrected chi connectivity index (χ3v) is 3.39. The van der Waals surface area contributed by atoms with Crippen LogP contribution < -0.4 is 10.1 Å². The maximum absolute atomic E-state index is 10.1. The standard InChI is InChI=1S/C17H21NO3/c1-12(15-9-8-14(21-3)10-17(15)19)18-16-7-5-4-6-13(16)11-20-2/h4-10,12,18-19H,11H2,1-3H3. The lowest BCUT2D eigenvalue weighted by atomic mass is 10.1. The number of nitrogens with one attached hydrogen (secondary N) is 1. The van der Waals surface area contributed by atoms with Crippen molar-refractivity contribution in [2.24, 2.45) is 0 Å². The fraction of sp³-hybridized carbons (Fsp3) is 0.294. The minimum absolute atomic E-state index is 0.0334. The molecule has 2 N–H and O–H groups in total. The van der Waals surface area contributed by atoms with Crippen LogP contribution in [0.2, 0.25) is 0 Å². The Hall–Kier alpha value is -2.20. The molecule has 0 heterocycles. The van der Waals surface area contributed by atoms with Gasteiger partial charge in [0.2, 0.25) is 0 Å². The van der Waals surface area contributed by atoms with Crippen LogP contribution >= 0.6 is 0 Å². The normalized spacial score (nSPS) is 12.0. The van der Waals surface area contributed by atoms with E-state index < -0.39 is 0 Å². The molecule has 2 aromatic rings. The molecule has 2 rings (SSSR count). The SMILES string of the molecule is COCc1ccccc1NC(C)c1ccc(OC)cc1O. The van der Waals surface area contributed by atoms with Gasteiger partial charge in [0.05, 0.1) is 19.8 Å². The second-order valence-corrected chi connectivity index (χ2v) is 4.88. The lowest BCUT2D eigenvalue weighted by Crippen LogP contribution is -2.09. The van der Waals surface area contributed by atoms with Crippen LogP contribution in [0.3, 0.4) is 0 Å². The largest absolute Gasteiger partial charge is 0.507 e. The van der Waals surface area contributed by atoms with Crippen molar-refractivity contribution in [2.75, 3.05) is 19.5 Å². The van der Waals surface area contributed by atoms with Crippen molar-refractivity contribution in [3.63, 3.8) is 0 Å². The number of phenolic OH excluding ortho intramolecular Hbond substituents is 1. The molecule has 4 heteroatoms. The van der Waals surface area contributed by atoms with Crippen LogP contribution in [-0.2, 0) is 11.3 Å². The van der Waals surface area contributed by atoms with Gasteiger partial charge >= 0.3 is 0 Å². The topological polar surface area (TPSA) is 50.7 Å². The number of aromatic hydroxyl groups is 1. The van der Waals surface area contributed by atoms with E-state index in [1.54, 1.807) is 20.3 Å². The summed E-state index contributed by atoms with van der Waals surface area (Å²) < 4.78 is 10.3. The lowest BCUT2D eigenvalue weighted by Gasteiger charge is -2.19. The molecule has 4 nitrogen and oxygen atoms in total. The van der Waals surface area contributed by atoms with E-state index in [4.69, 9.17) is 9.47 Å². The monoisotopic (exact) mass is 287 g/mol. The molecular formula is C17H21NO3. The summed E-state index contributed by atoms with van der Waals surface area (Å²) in [6, 6.07) is 13.3. The molecule has 1 atom stereocenters. The van der Waals surface area contributed by atoms with Gasteiger partial charge in [-0.2, -0.15) is 0 Å². The van der Waals surface area contributed by atoms with Crippen LogP contribution in [0.5, 0.6) is 11.5 Å². The maximum atomic E-state index is 10.1. The highest BCUT2D eigenvalue weighted by Gasteiger charge is 2.12. The zero-order chi connectivity index (χ0) is 15.2. The van der Waals surface area contributed by atoms with E-state index in [0.717, 1.165) is 16.8 Å². The Labute approximate surface area is 125 Å². The van der Waals surface area contributed by atoms with Crippen molar-refractivity contribution in [1.82, 2.24) is 0 Å². The smallest absolute Gasteiger partial charge is 0.124 e. The predicted molar refractivity (Wildman–Crippen MR) is 83.9 cm³/mol. The molecule has 0 fully saturated rings. The van der Waals surface area contributed by atoms with Crippen molar-refractivity contribution >= 4 is 5.69 Å². The van der Waals surface area contributed by atoms with Crippen molar-refractivity contribution in [1.29, 1.82) is 0 Å². The van der Waals surface area contributed by atoms with Crippen molar-refractivity contribution in [3.05, 3.63) is 53.6 Å². The van der Waals surface area contributed by atoms with Gasteiger partial charge in [0, 0.05) is 30.0 Å². The summed E-state index contributed by atoms with van der Waals surface area (Å²) in [6.07, 6.45) is 0. The highest BCUT2D eigenvalue weighted by Crippen LogP contribution is 2.31. The van der Waals surface area contributed by atoms with E-state index in [-0.39, 0.29) is 11.8 Å². The van der Waals surface area contributed by atoms with Crippen LogP contribution in [0.25, 0.3) is 0 Å². The second kappa shape index (κ2) is 6.99. The summed E-state index contributed by atoms with van der Waals surface area (Å²) >= 11 is 0. The van der Waals surface area contributed by atoms with Gasteiger partial charge in [-0.15, -0.1) is 0 Å².